The van der Waals surface area contributed by atoms with Crippen molar-refractivity contribution in [3.63, 3.8) is 0 Å². The molecule has 0 spiro atoms. The Bertz CT molecular complexity index is 959. The van der Waals surface area contributed by atoms with E-state index < -0.39 is 0 Å². The van der Waals surface area contributed by atoms with E-state index in [-0.39, 0.29) is 5.82 Å². The van der Waals surface area contributed by atoms with Crippen LogP contribution in [0.25, 0.3) is 0 Å². The van der Waals surface area contributed by atoms with Crippen molar-refractivity contribution in [3.8, 4) is 17.2 Å². The first kappa shape index (κ1) is 20.2. The third kappa shape index (κ3) is 5.72. The Hall–Kier alpha value is -3.54. The molecule has 3 aromatic carbocycles. The molecule has 0 aliphatic carbocycles. The zero-order chi connectivity index (χ0) is 20.5. The normalized spacial score (nSPS) is 10.7. The van der Waals surface area contributed by atoms with Crippen molar-refractivity contribution in [2.75, 3.05) is 14.2 Å². The predicted octanol–water partition coefficient (Wildman–Crippen LogP) is 4.55. The van der Waals surface area contributed by atoms with Gasteiger partial charge in [0.2, 0.25) is 0 Å². The van der Waals surface area contributed by atoms with E-state index in [9.17, 15) is 4.39 Å². The number of benzene rings is 3. The molecule has 0 fully saturated rings. The van der Waals surface area contributed by atoms with Crippen molar-refractivity contribution in [2.45, 2.75) is 13.2 Å². The molecule has 5 nitrogen and oxygen atoms in total. The number of nitrogens with one attached hydrogen (secondary N) is 1. The van der Waals surface area contributed by atoms with Crippen molar-refractivity contribution in [1.82, 2.24) is 5.43 Å². The van der Waals surface area contributed by atoms with Crippen molar-refractivity contribution >= 4 is 6.21 Å². The molecule has 0 radical (unpaired) electrons. The molecule has 0 saturated heterocycles. The summed E-state index contributed by atoms with van der Waals surface area (Å²) in [4.78, 5) is 0. The summed E-state index contributed by atoms with van der Waals surface area (Å²) < 4.78 is 29.5. The van der Waals surface area contributed by atoms with Gasteiger partial charge in [0.25, 0.3) is 0 Å². The topological polar surface area (TPSA) is 52.1 Å². The minimum atomic E-state index is -0.269. The van der Waals surface area contributed by atoms with Crippen LogP contribution in [-0.4, -0.2) is 20.4 Å². The summed E-state index contributed by atoms with van der Waals surface area (Å²) in [6.45, 7) is 0.876. The van der Waals surface area contributed by atoms with Crippen LogP contribution in [0.5, 0.6) is 17.2 Å². The van der Waals surface area contributed by atoms with E-state index in [0.29, 0.717) is 24.7 Å². The molecule has 0 aliphatic heterocycles. The molecule has 3 rings (SSSR count). The largest absolute Gasteiger partial charge is 0.496 e. The minimum Gasteiger partial charge on any atom is -0.496 e. The molecule has 0 saturated carbocycles. The fraction of sp³-hybridized carbons (Fsp3) is 0.174. The molecular formula is C23H23FN2O3. The fourth-order valence-electron chi connectivity index (χ4n) is 2.73. The average molecular weight is 394 g/mol. The van der Waals surface area contributed by atoms with E-state index in [0.717, 1.165) is 22.4 Å². The first-order chi connectivity index (χ1) is 14.2. The molecule has 6 heteroatoms. The average Bonchev–Trinajstić information content (AvgIpc) is 2.77. The molecule has 3 aromatic rings. The first-order valence-electron chi connectivity index (χ1n) is 9.12. The molecule has 0 amide bonds. The summed E-state index contributed by atoms with van der Waals surface area (Å²) in [5.41, 5.74) is 5.78. The van der Waals surface area contributed by atoms with Gasteiger partial charge in [0.15, 0.2) is 11.5 Å². The van der Waals surface area contributed by atoms with Crippen LogP contribution in [0.15, 0.2) is 71.8 Å². The van der Waals surface area contributed by atoms with Crippen molar-refractivity contribution in [2.24, 2.45) is 5.10 Å². The number of methoxy groups -OCH3 is 2. The van der Waals surface area contributed by atoms with Gasteiger partial charge in [0.1, 0.15) is 18.2 Å². The van der Waals surface area contributed by atoms with E-state index in [4.69, 9.17) is 14.2 Å². The van der Waals surface area contributed by atoms with Gasteiger partial charge in [-0.2, -0.15) is 5.10 Å². The van der Waals surface area contributed by atoms with Crippen LogP contribution >= 0.6 is 0 Å². The number of rotatable bonds is 9. The maximum absolute atomic E-state index is 13.0. The SMILES string of the molecule is COc1ccccc1CN/N=C\c1ccc(OCc2ccc(F)cc2)c(OC)c1. The summed E-state index contributed by atoms with van der Waals surface area (Å²) in [7, 11) is 3.23. The summed E-state index contributed by atoms with van der Waals surface area (Å²) in [6.07, 6.45) is 1.71. The highest BCUT2D eigenvalue weighted by Crippen LogP contribution is 2.28. The van der Waals surface area contributed by atoms with Gasteiger partial charge in [-0.25, -0.2) is 4.39 Å². The third-order valence-electron chi connectivity index (χ3n) is 4.26. The maximum atomic E-state index is 13.0. The lowest BCUT2D eigenvalue weighted by molar-refractivity contribution is 0.284. The van der Waals surface area contributed by atoms with Gasteiger partial charge in [-0.05, 0) is 47.5 Å². The molecule has 150 valence electrons. The Kier molecular flexibility index (Phi) is 7.05. The van der Waals surface area contributed by atoms with Gasteiger partial charge in [-0.15, -0.1) is 0 Å². The van der Waals surface area contributed by atoms with Gasteiger partial charge >= 0.3 is 0 Å². The minimum absolute atomic E-state index is 0.269. The van der Waals surface area contributed by atoms with Crippen LogP contribution in [0.2, 0.25) is 0 Å². The Morgan fingerprint density at radius 3 is 2.41 bits per heavy atom. The second-order valence-corrected chi connectivity index (χ2v) is 6.23. The lowest BCUT2D eigenvalue weighted by Crippen LogP contribution is -2.07. The maximum Gasteiger partial charge on any atom is 0.161 e. The predicted molar refractivity (Wildman–Crippen MR) is 111 cm³/mol. The fourth-order valence-corrected chi connectivity index (χ4v) is 2.73. The quantitative estimate of drug-likeness (QED) is 0.427. The van der Waals surface area contributed by atoms with E-state index in [1.165, 1.54) is 12.1 Å². The van der Waals surface area contributed by atoms with Crippen molar-refractivity contribution in [3.05, 3.63) is 89.2 Å². The van der Waals surface area contributed by atoms with Crippen LogP contribution in [0.4, 0.5) is 4.39 Å². The number of hydrogen-bond acceptors (Lipinski definition) is 5. The van der Waals surface area contributed by atoms with Gasteiger partial charge in [0.05, 0.1) is 27.0 Å². The standard InChI is InChI=1S/C23H23FN2O3/c1-27-21-6-4-3-5-19(21)15-26-25-14-18-9-12-22(23(13-18)28-2)29-16-17-7-10-20(24)11-8-17/h3-14,26H,15-16H2,1-2H3/b25-14-. The van der Waals surface area contributed by atoms with Gasteiger partial charge < -0.3 is 19.6 Å². The zero-order valence-electron chi connectivity index (χ0n) is 16.4. The molecule has 0 atom stereocenters. The van der Waals surface area contributed by atoms with Gasteiger partial charge in [0, 0.05) is 5.56 Å². The van der Waals surface area contributed by atoms with Crippen LogP contribution in [0, 0.1) is 5.82 Å². The van der Waals surface area contributed by atoms with Crippen molar-refractivity contribution in [1.29, 1.82) is 0 Å². The number of para-hydroxylation sites is 1. The number of hydrogen-bond donors (Lipinski definition) is 1. The third-order valence-corrected chi connectivity index (χ3v) is 4.26. The summed E-state index contributed by atoms with van der Waals surface area (Å²) in [6, 6.07) is 19.5. The molecule has 0 heterocycles. The molecule has 1 N–H and O–H groups in total. The lowest BCUT2D eigenvalue weighted by Gasteiger charge is -2.11. The van der Waals surface area contributed by atoms with E-state index >= 15 is 0 Å². The highest BCUT2D eigenvalue weighted by Gasteiger charge is 2.06. The second kappa shape index (κ2) is 10.1. The molecule has 0 aromatic heterocycles. The van der Waals surface area contributed by atoms with Crippen molar-refractivity contribution < 1.29 is 18.6 Å². The monoisotopic (exact) mass is 394 g/mol. The Labute approximate surface area is 169 Å². The lowest BCUT2D eigenvalue weighted by atomic mass is 10.2. The van der Waals surface area contributed by atoms with E-state index in [1.54, 1.807) is 32.6 Å². The number of ether oxygens (including phenoxy) is 3. The summed E-state index contributed by atoms with van der Waals surface area (Å²) >= 11 is 0. The van der Waals surface area contributed by atoms with E-state index in [2.05, 4.69) is 10.5 Å². The van der Waals surface area contributed by atoms with Crippen LogP contribution in [0.1, 0.15) is 16.7 Å². The number of nitrogens with zero attached hydrogens (tertiary/aromatic N) is 1. The molecule has 0 unspecified atom stereocenters. The van der Waals surface area contributed by atoms with Gasteiger partial charge in [-0.3, -0.25) is 0 Å². The Morgan fingerprint density at radius 2 is 1.66 bits per heavy atom. The number of hydrazone groups is 1. The highest BCUT2D eigenvalue weighted by molar-refractivity contribution is 5.80. The summed E-state index contributed by atoms with van der Waals surface area (Å²) in [5, 5.41) is 4.26. The molecule has 0 bridgehead atoms. The Morgan fingerprint density at radius 1 is 0.897 bits per heavy atom. The van der Waals surface area contributed by atoms with Crippen LogP contribution in [-0.2, 0) is 13.2 Å². The molecular weight excluding hydrogens is 371 g/mol. The highest BCUT2D eigenvalue weighted by atomic mass is 19.1. The second-order valence-electron chi connectivity index (χ2n) is 6.23. The number of halogens is 1. The zero-order valence-corrected chi connectivity index (χ0v) is 16.4. The van der Waals surface area contributed by atoms with Crippen LogP contribution < -0.4 is 19.6 Å². The summed E-state index contributed by atoms with van der Waals surface area (Å²) in [5.74, 6) is 1.76. The Balaban J connectivity index is 1.59. The smallest absolute Gasteiger partial charge is 0.161 e. The van der Waals surface area contributed by atoms with Crippen LogP contribution in [0.3, 0.4) is 0 Å². The van der Waals surface area contributed by atoms with Gasteiger partial charge in [-0.1, -0.05) is 30.3 Å². The molecule has 29 heavy (non-hydrogen) atoms. The molecule has 0 aliphatic rings. The first-order valence-corrected chi connectivity index (χ1v) is 9.12. The van der Waals surface area contributed by atoms with E-state index in [1.807, 2.05) is 42.5 Å².